The van der Waals surface area contributed by atoms with Crippen molar-refractivity contribution in [3.63, 3.8) is 0 Å². The molecule has 1 heterocycles. The van der Waals surface area contributed by atoms with E-state index in [1.165, 1.54) is 0 Å². The monoisotopic (exact) mass is 281 g/mol. The Kier molecular flexibility index (Phi) is 4.49. The lowest BCUT2D eigenvalue weighted by Crippen LogP contribution is -2.65. The number of amides is 2. The summed E-state index contributed by atoms with van der Waals surface area (Å²) < 4.78 is 0. The molecule has 2 unspecified atom stereocenters. The number of nitrogens with one attached hydrogen (secondary N) is 2. The number of nitrogens with two attached hydrogens (primary N) is 1. The lowest BCUT2D eigenvalue weighted by molar-refractivity contribution is -0.150. The molecule has 0 bridgehead atoms. The van der Waals surface area contributed by atoms with Crippen molar-refractivity contribution in [1.82, 2.24) is 10.2 Å². The van der Waals surface area contributed by atoms with Gasteiger partial charge < -0.3 is 16.2 Å². The van der Waals surface area contributed by atoms with Crippen LogP contribution in [0.4, 0.5) is 0 Å². The molecule has 8 nitrogen and oxygen atoms in total. The normalized spacial score (nSPS) is 17.4. The molecular weight excluding hydrogens is 264 g/mol. The van der Waals surface area contributed by atoms with Crippen molar-refractivity contribution in [1.29, 1.82) is 5.41 Å². The van der Waals surface area contributed by atoms with E-state index in [1.807, 2.05) is 0 Å². The highest BCUT2D eigenvalue weighted by atomic mass is 16.4. The van der Waals surface area contributed by atoms with Crippen LogP contribution in [0.5, 0.6) is 0 Å². The van der Waals surface area contributed by atoms with E-state index in [0.717, 1.165) is 17.1 Å². The molecule has 8 heteroatoms. The summed E-state index contributed by atoms with van der Waals surface area (Å²) in [5, 5.41) is 18.8. The zero-order valence-electron chi connectivity index (χ0n) is 11.0. The summed E-state index contributed by atoms with van der Waals surface area (Å²) in [6.45, 7) is 5.45. The summed E-state index contributed by atoms with van der Waals surface area (Å²) in [5.41, 5.74) is 3.68. The van der Waals surface area contributed by atoms with Crippen LogP contribution in [-0.4, -0.2) is 39.4 Å². The molecule has 1 rings (SSSR count). The fraction of sp³-hybridized carbons (Fsp3) is 0.417. The third-order valence-corrected chi connectivity index (χ3v) is 2.73. The quantitative estimate of drug-likeness (QED) is 0.292. The van der Waals surface area contributed by atoms with Crippen LogP contribution < -0.4 is 11.1 Å². The number of carbonyl (C=O) groups excluding carboxylic acids is 2. The molecule has 0 aromatic carbocycles. The van der Waals surface area contributed by atoms with Gasteiger partial charge in [-0.25, -0.2) is 0 Å². The molecule has 1 aliphatic rings. The molecule has 0 aromatic rings. The lowest BCUT2D eigenvalue weighted by atomic mass is 9.92. The molecule has 2 amide bonds. The van der Waals surface area contributed by atoms with Gasteiger partial charge in [-0.05, 0) is 12.3 Å². The highest BCUT2D eigenvalue weighted by molar-refractivity contribution is 6.13. The Morgan fingerprint density at radius 3 is 2.40 bits per heavy atom. The average molecular weight is 281 g/mol. The molecule has 1 radical (unpaired) electrons. The highest BCUT2D eigenvalue weighted by Gasteiger charge is 2.46. The molecule has 109 valence electrons. The summed E-state index contributed by atoms with van der Waals surface area (Å²) in [5.74, 6) is -3.33. The maximum absolute atomic E-state index is 11.8. The SMILES string of the molecule is [CH2]C(C)CC(CC(=O)O)(NC(=N)N)N1C(=O)C=CC1=O. The first kappa shape index (κ1) is 15.7. The summed E-state index contributed by atoms with van der Waals surface area (Å²) in [4.78, 5) is 35.5. The van der Waals surface area contributed by atoms with Crippen LogP contribution >= 0.6 is 0 Å². The molecular formula is C12H17N4O4. The van der Waals surface area contributed by atoms with Gasteiger partial charge >= 0.3 is 5.97 Å². The van der Waals surface area contributed by atoms with Gasteiger partial charge in [-0.2, -0.15) is 0 Å². The van der Waals surface area contributed by atoms with E-state index < -0.39 is 35.8 Å². The minimum Gasteiger partial charge on any atom is -0.481 e. The fourth-order valence-electron chi connectivity index (χ4n) is 2.29. The van der Waals surface area contributed by atoms with Crippen LogP contribution in [0, 0.1) is 18.3 Å². The van der Waals surface area contributed by atoms with Gasteiger partial charge in [-0.3, -0.25) is 24.7 Å². The Morgan fingerprint density at radius 2 is 2.05 bits per heavy atom. The van der Waals surface area contributed by atoms with Gasteiger partial charge in [0, 0.05) is 12.2 Å². The van der Waals surface area contributed by atoms with E-state index in [1.54, 1.807) is 6.92 Å². The van der Waals surface area contributed by atoms with Gasteiger partial charge in [0.25, 0.3) is 11.8 Å². The number of hydrogen-bond donors (Lipinski definition) is 4. The fourth-order valence-corrected chi connectivity index (χ4v) is 2.29. The minimum absolute atomic E-state index is 0.0536. The average Bonchev–Trinajstić information content (AvgIpc) is 2.55. The molecule has 1 aliphatic heterocycles. The van der Waals surface area contributed by atoms with Crippen molar-refractivity contribution in [3.8, 4) is 0 Å². The van der Waals surface area contributed by atoms with Crippen molar-refractivity contribution in [2.75, 3.05) is 0 Å². The van der Waals surface area contributed by atoms with Crippen LogP contribution in [0.15, 0.2) is 12.2 Å². The predicted octanol–water partition coefficient (Wildman–Crippen LogP) is -0.574. The van der Waals surface area contributed by atoms with Gasteiger partial charge in [0.15, 0.2) is 5.96 Å². The number of carbonyl (C=O) groups is 3. The summed E-state index contributed by atoms with van der Waals surface area (Å²) in [6, 6.07) is 0. The Labute approximate surface area is 116 Å². The first-order valence-corrected chi connectivity index (χ1v) is 5.91. The maximum Gasteiger partial charge on any atom is 0.307 e. The number of imide groups is 1. The van der Waals surface area contributed by atoms with Gasteiger partial charge in [0.05, 0.1) is 6.42 Å². The highest BCUT2D eigenvalue weighted by Crippen LogP contribution is 2.28. The van der Waals surface area contributed by atoms with Crippen LogP contribution in [0.2, 0.25) is 0 Å². The van der Waals surface area contributed by atoms with E-state index in [0.29, 0.717) is 0 Å². The zero-order valence-corrected chi connectivity index (χ0v) is 11.0. The molecule has 5 N–H and O–H groups in total. The number of aliphatic carboxylic acids is 1. The van der Waals surface area contributed by atoms with E-state index >= 15 is 0 Å². The summed E-state index contributed by atoms with van der Waals surface area (Å²) in [6.07, 6.45) is 1.58. The van der Waals surface area contributed by atoms with Gasteiger partial charge in [0.2, 0.25) is 0 Å². The second kappa shape index (κ2) is 5.72. The van der Waals surface area contributed by atoms with E-state index in [4.69, 9.17) is 16.2 Å². The van der Waals surface area contributed by atoms with E-state index in [2.05, 4.69) is 12.2 Å². The molecule has 0 fully saturated rings. The Morgan fingerprint density at radius 1 is 1.55 bits per heavy atom. The predicted molar refractivity (Wildman–Crippen MR) is 70.2 cm³/mol. The van der Waals surface area contributed by atoms with Crippen LogP contribution in [-0.2, 0) is 14.4 Å². The Hall–Kier alpha value is -2.38. The van der Waals surface area contributed by atoms with Gasteiger partial charge in [-0.1, -0.05) is 13.8 Å². The molecule has 2 atom stereocenters. The van der Waals surface area contributed by atoms with Crippen LogP contribution in [0.1, 0.15) is 19.8 Å². The van der Waals surface area contributed by atoms with Crippen LogP contribution in [0.3, 0.4) is 0 Å². The molecule has 20 heavy (non-hydrogen) atoms. The summed E-state index contributed by atoms with van der Waals surface area (Å²) in [7, 11) is 0. The molecule has 0 saturated carbocycles. The number of nitrogens with zero attached hydrogens (tertiary/aromatic N) is 1. The van der Waals surface area contributed by atoms with Crippen molar-refractivity contribution in [2.24, 2.45) is 11.7 Å². The Balaban J connectivity index is 3.26. The topological polar surface area (TPSA) is 137 Å². The van der Waals surface area contributed by atoms with E-state index in [-0.39, 0.29) is 12.3 Å². The smallest absolute Gasteiger partial charge is 0.307 e. The minimum atomic E-state index is -1.60. The second-order valence-corrected chi connectivity index (χ2v) is 4.80. The van der Waals surface area contributed by atoms with Crippen molar-refractivity contribution < 1.29 is 19.5 Å². The molecule has 0 spiro atoms. The third-order valence-electron chi connectivity index (χ3n) is 2.73. The first-order valence-electron chi connectivity index (χ1n) is 5.91. The lowest BCUT2D eigenvalue weighted by Gasteiger charge is -2.41. The molecule has 0 aromatic heterocycles. The van der Waals surface area contributed by atoms with Crippen LogP contribution in [0.25, 0.3) is 0 Å². The third kappa shape index (κ3) is 3.34. The first-order chi connectivity index (χ1) is 9.18. The molecule has 0 aliphatic carbocycles. The van der Waals surface area contributed by atoms with E-state index in [9.17, 15) is 14.4 Å². The van der Waals surface area contributed by atoms with Crippen molar-refractivity contribution in [2.45, 2.75) is 25.4 Å². The van der Waals surface area contributed by atoms with Gasteiger partial charge in [-0.15, -0.1) is 0 Å². The summed E-state index contributed by atoms with van der Waals surface area (Å²) >= 11 is 0. The number of guanidine groups is 1. The number of carboxylic acids is 1. The van der Waals surface area contributed by atoms with Gasteiger partial charge in [0.1, 0.15) is 5.66 Å². The standard InChI is InChI=1S/C12H17N4O4/c1-7(2)5-12(6-10(19)20,15-11(13)14)16-8(17)3-4-9(16)18/h3-4,7H,1,5-6H2,2H3,(H,19,20)(H4,13,14,15). The second-order valence-electron chi connectivity index (χ2n) is 4.80. The largest absolute Gasteiger partial charge is 0.481 e. The maximum atomic E-state index is 11.8. The van der Waals surface area contributed by atoms with Crippen molar-refractivity contribution >= 4 is 23.7 Å². The Bertz CT molecular complexity index is 450. The zero-order chi connectivity index (χ0) is 15.5. The number of carboxylic acid groups (broad SMARTS) is 1. The van der Waals surface area contributed by atoms with Crippen molar-refractivity contribution in [3.05, 3.63) is 19.1 Å². The number of rotatable bonds is 6. The number of hydrogen-bond acceptors (Lipinski definition) is 4. The molecule has 0 saturated heterocycles.